The molecule has 108 valence electrons. The molecule has 0 bridgehead atoms. The molecule has 0 spiro atoms. The zero-order valence-corrected chi connectivity index (χ0v) is 12.4. The maximum absolute atomic E-state index is 12.3. The zero-order valence-electron chi connectivity index (χ0n) is 11.5. The second-order valence-corrected chi connectivity index (χ2v) is 6.98. The number of piperazine rings is 1. The summed E-state index contributed by atoms with van der Waals surface area (Å²) in [6.07, 6.45) is 3.38. The van der Waals surface area contributed by atoms with Gasteiger partial charge in [-0.25, -0.2) is 8.42 Å². The molecule has 0 radical (unpaired) electrons. The van der Waals surface area contributed by atoms with Gasteiger partial charge in [0.25, 0.3) is 0 Å². The number of rotatable bonds is 5. The van der Waals surface area contributed by atoms with Crippen molar-refractivity contribution in [3.05, 3.63) is 18.5 Å². The van der Waals surface area contributed by atoms with Gasteiger partial charge in [0, 0.05) is 65.8 Å². The smallest absolute Gasteiger partial charge is 0.244 e. The number of likely N-dealkylation sites (N-methyl/N-ethyl adjacent to an activating group) is 1. The van der Waals surface area contributed by atoms with Gasteiger partial charge >= 0.3 is 0 Å². The molecule has 1 aromatic heterocycles. The second kappa shape index (κ2) is 6.04. The molecular formula is C12H22N4O2S. The summed E-state index contributed by atoms with van der Waals surface area (Å²) >= 11 is 0. The van der Waals surface area contributed by atoms with Crippen LogP contribution in [0, 0.1) is 0 Å². The Labute approximate surface area is 115 Å². The van der Waals surface area contributed by atoms with Crippen molar-refractivity contribution in [2.75, 3.05) is 46.3 Å². The molecule has 0 saturated carbocycles. The quantitative estimate of drug-likeness (QED) is 0.797. The molecule has 2 heterocycles. The van der Waals surface area contributed by atoms with Crippen molar-refractivity contribution in [1.82, 2.24) is 19.1 Å². The van der Waals surface area contributed by atoms with E-state index in [1.165, 1.54) is 4.31 Å². The van der Waals surface area contributed by atoms with Crippen molar-refractivity contribution in [1.29, 1.82) is 0 Å². The van der Waals surface area contributed by atoms with Gasteiger partial charge in [0.1, 0.15) is 0 Å². The van der Waals surface area contributed by atoms with Crippen LogP contribution in [-0.2, 0) is 17.1 Å². The summed E-state index contributed by atoms with van der Waals surface area (Å²) in [6, 6.07) is 1.64. The maximum atomic E-state index is 12.3. The minimum Gasteiger partial charge on any atom is -0.356 e. The van der Waals surface area contributed by atoms with E-state index in [2.05, 4.69) is 10.2 Å². The van der Waals surface area contributed by atoms with E-state index in [1.54, 1.807) is 30.1 Å². The van der Waals surface area contributed by atoms with Gasteiger partial charge in [0.05, 0.1) is 4.90 Å². The fourth-order valence-corrected chi connectivity index (χ4v) is 3.36. The van der Waals surface area contributed by atoms with E-state index >= 15 is 0 Å². The van der Waals surface area contributed by atoms with Crippen LogP contribution in [0.5, 0.6) is 0 Å². The predicted octanol–water partition coefficient (Wildman–Crippen LogP) is -0.449. The summed E-state index contributed by atoms with van der Waals surface area (Å²) < 4.78 is 27.8. The Morgan fingerprint density at radius 3 is 2.63 bits per heavy atom. The molecule has 2 rings (SSSR count). The van der Waals surface area contributed by atoms with Gasteiger partial charge in [0.15, 0.2) is 0 Å². The number of sulfonamides is 1. The normalized spacial score (nSPS) is 18.1. The van der Waals surface area contributed by atoms with Crippen LogP contribution in [0.15, 0.2) is 23.4 Å². The summed E-state index contributed by atoms with van der Waals surface area (Å²) in [6.45, 7) is 5.24. The van der Waals surface area contributed by atoms with Crippen LogP contribution in [0.2, 0.25) is 0 Å². The van der Waals surface area contributed by atoms with E-state index < -0.39 is 10.0 Å². The van der Waals surface area contributed by atoms with Crippen molar-refractivity contribution >= 4 is 10.0 Å². The van der Waals surface area contributed by atoms with Crippen LogP contribution in [0.4, 0.5) is 0 Å². The molecule has 0 amide bonds. The first-order valence-corrected chi connectivity index (χ1v) is 7.95. The fourth-order valence-electron chi connectivity index (χ4n) is 2.15. The van der Waals surface area contributed by atoms with E-state index in [9.17, 15) is 8.42 Å². The van der Waals surface area contributed by atoms with Crippen molar-refractivity contribution in [2.45, 2.75) is 4.90 Å². The molecule has 1 aromatic rings. The van der Waals surface area contributed by atoms with Gasteiger partial charge in [-0.05, 0) is 6.07 Å². The van der Waals surface area contributed by atoms with Crippen LogP contribution < -0.4 is 5.32 Å². The Hall–Kier alpha value is -0.890. The molecule has 19 heavy (non-hydrogen) atoms. The van der Waals surface area contributed by atoms with Crippen LogP contribution in [-0.4, -0.2) is 68.5 Å². The number of nitrogens with zero attached hydrogens (tertiary/aromatic N) is 3. The number of hydrogen-bond acceptors (Lipinski definition) is 4. The molecular weight excluding hydrogens is 264 g/mol. The monoisotopic (exact) mass is 286 g/mol. The fraction of sp³-hybridized carbons (Fsp3) is 0.667. The van der Waals surface area contributed by atoms with E-state index in [0.717, 1.165) is 32.7 Å². The lowest BCUT2D eigenvalue weighted by molar-refractivity contribution is 0.229. The third kappa shape index (κ3) is 3.56. The molecule has 1 aliphatic heterocycles. The minimum atomic E-state index is -3.35. The van der Waals surface area contributed by atoms with Crippen molar-refractivity contribution in [3.8, 4) is 0 Å². The summed E-state index contributed by atoms with van der Waals surface area (Å²) in [7, 11) is 0.114. The lowest BCUT2D eigenvalue weighted by Crippen LogP contribution is -2.46. The molecule has 0 atom stereocenters. The summed E-state index contributed by atoms with van der Waals surface area (Å²) in [4.78, 5) is 2.64. The van der Waals surface area contributed by atoms with Gasteiger partial charge < -0.3 is 9.88 Å². The Morgan fingerprint density at radius 2 is 2.05 bits per heavy atom. The van der Waals surface area contributed by atoms with Gasteiger partial charge in [-0.15, -0.1) is 0 Å². The Balaban J connectivity index is 1.93. The largest absolute Gasteiger partial charge is 0.356 e. The topological polar surface area (TPSA) is 57.6 Å². The average Bonchev–Trinajstić information content (AvgIpc) is 2.84. The highest BCUT2D eigenvalue weighted by Gasteiger charge is 2.22. The Morgan fingerprint density at radius 1 is 1.37 bits per heavy atom. The van der Waals surface area contributed by atoms with Crippen molar-refractivity contribution in [3.63, 3.8) is 0 Å². The highest BCUT2D eigenvalue weighted by molar-refractivity contribution is 7.89. The summed E-state index contributed by atoms with van der Waals surface area (Å²) in [5.74, 6) is 0. The average molecular weight is 286 g/mol. The highest BCUT2D eigenvalue weighted by Crippen LogP contribution is 2.13. The van der Waals surface area contributed by atoms with E-state index in [1.807, 2.05) is 7.05 Å². The Kier molecular flexibility index (Phi) is 4.62. The minimum absolute atomic E-state index is 0.359. The number of aromatic nitrogens is 1. The van der Waals surface area contributed by atoms with E-state index in [4.69, 9.17) is 0 Å². The maximum Gasteiger partial charge on any atom is 0.244 e. The number of nitrogens with one attached hydrogen (secondary N) is 1. The molecule has 1 N–H and O–H groups in total. The lowest BCUT2D eigenvalue weighted by Gasteiger charge is -2.28. The van der Waals surface area contributed by atoms with Gasteiger partial charge in [-0.3, -0.25) is 4.90 Å². The molecule has 0 aliphatic carbocycles. The summed E-state index contributed by atoms with van der Waals surface area (Å²) in [5.41, 5.74) is 0. The van der Waals surface area contributed by atoms with Crippen molar-refractivity contribution in [2.24, 2.45) is 7.05 Å². The van der Waals surface area contributed by atoms with Crippen LogP contribution in [0.1, 0.15) is 0 Å². The number of hydrogen-bond donors (Lipinski definition) is 1. The molecule has 7 heteroatoms. The van der Waals surface area contributed by atoms with E-state index in [-0.39, 0.29) is 0 Å². The second-order valence-electron chi connectivity index (χ2n) is 4.93. The van der Waals surface area contributed by atoms with Crippen LogP contribution >= 0.6 is 0 Å². The zero-order chi connectivity index (χ0) is 13.9. The SMILES string of the molecule is CN(CCN1CCNCC1)S(=O)(=O)c1ccn(C)c1. The first-order valence-electron chi connectivity index (χ1n) is 6.51. The summed E-state index contributed by atoms with van der Waals surface area (Å²) in [5, 5.41) is 3.28. The predicted molar refractivity (Wildman–Crippen MR) is 74.5 cm³/mol. The molecule has 1 fully saturated rings. The van der Waals surface area contributed by atoms with Crippen LogP contribution in [0.25, 0.3) is 0 Å². The molecule has 6 nitrogen and oxygen atoms in total. The highest BCUT2D eigenvalue weighted by atomic mass is 32.2. The molecule has 0 aromatic carbocycles. The third-order valence-corrected chi connectivity index (χ3v) is 5.29. The first-order chi connectivity index (χ1) is 9.00. The van der Waals surface area contributed by atoms with Gasteiger partial charge in [-0.1, -0.05) is 0 Å². The Bertz CT molecular complexity index is 506. The van der Waals surface area contributed by atoms with E-state index in [0.29, 0.717) is 11.4 Å². The number of aryl methyl sites for hydroxylation is 1. The molecule has 0 unspecified atom stereocenters. The third-order valence-electron chi connectivity index (χ3n) is 3.45. The lowest BCUT2D eigenvalue weighted by atomic mass is 10.3. The molecule has 1 saturated heterocycles. The van der Waals surface area contributed by atoms with Crippen molar-refractivity contribution < 1.29 is 8.42 Å². The standard InChI is InChI=1S/C12H22N4O2S/c1-14-6-3-12(11-14)19(17,18)15(2)9-10-16-7-4-13-5-8-16/h3,6,11,13H,4-5,7-10H2,1-2H3. The van der Waals surface area contributed by atoms with Gasteiger partial charge in [0.2, 0.25) is 10.0 Å². The molecule has 1 aliphatic rings. The van der Waals surface area contributed by atoms with Gasteiger partial charge in [-0.2, -0.15) is 4.31 Å². The first kappa shape index (κ1) is 14.5. The van der Waals surface area contributed by atoms with Crippen LogP contribution in [0.3, 0.4) is 0 Å².